The van der Waals surface area contributed by atoms with E-state index in [1.54, 1.807) is 0 Å². The van der Waals surface area contributed by atoms with Gasteiger partial charge < -0.3 is 15.2 Å². The van der Waals surface area contributed by atoms with E-state index in [1.165, 1.54) is 0 Å². The summed E-state index contributed by atoms with van der Waals surface area (Å²) in [5, 5.41) is 0.663. The molecule has 1 aromatic carbocycles. The van der Waals surface area contributed by atoms with E-state index in [4.69, 9.17) is 26.8 Å². The van der Waals surface area contributed by atoms with E-state index in [0.29, 0.717) is 24.8 Å². The molecule has 0 atom stereocenters. The van der Waals surface area contributed by atoms with Gasteiger partial charge in [0.15, 0.2) is 11.5 Å². The number of benzene rings is 1. The summed E-state index contributed by atoms with van der Waals surface area (Å²) in [4.78, 5) is 0. The molecule has 0 aromatic heterocycles. The molecule has 0 fully saturated rings. The molecule has 3 nitrogen and oxygen atoms in total. The fourth-order valence-electron chi connectivity index (χ4n) is 1.84. The van der Waals surface area contributed by atoms with Gasteiger partial charge in [-0.05, 0) is 12.5 Å². The van der Waals surface area contributed by atoms with Gasteiger partial charge in [-0.2, -0.15) is 0 Å². The second-order valence-electron chi connectivity index (χ2n) is 3.91. The Labute approximate surface area is 106 Å². The lowest BCUT2D eigenvalue weighted by atomic mass is 10.1. The van der Waals surface area contributed by atoms with Crippen molar-refractivity contribution in [2.75, 3.05) is 19.8 Å². The number of nitrogens with two attached hydrogens (primary N) is 1. The lowest BCUT2D eigenvalue weighted by Crippen LogP contribution is -1.98. The van der Waals surface area contributed by atoms with E-state index in [9.17, 15) is 0 Å². The minimum absolute atomic E-state index is 0.490. The molecule has 1 aliphatic rings. The molecule has 0 radical (unpaired) electrons. The van der Waals surface area contributed by atoms with Crippen molar-refractivity contribution in [1.29, 1.82) is 0 Å². The average Bonchev–Trinajstić information content (AvgIpc) is 2.54. The third-order valence-corrected chi connectivity index (χ3v) is 3.01. The van der Waals surface area contributed by atoms with Crippen LogP contribution in [0.4, 0.5) is 0 Å². The Morgan fingerprint density at radius 3 is 2.94 bits per heavy atom. The Bertz CT molecular complexity index is 444. The summed E-state index contributed by atoms with van der Waals surface area (Å²) >= 11 is 6.23. The number of halogens is 1. The molecule has 0 amide bonds. The molecule has 0 saturated carbocycles. The van der Waals surface area contributed by atoms with Gasteiger partial charge >= 0.3 is 0 Å². The summed E-state index contributed by atoms with van der Waals surface area (Å²) in [6.07, 6.45) is 4.68. The maximum absolute atomic E-state index is 6.23. The van der Waals surface area contributed by atoms with Crippen molar-refractivity contribution < 1.29 is 9.47 Å². The molecule has 1 heterocycles. The van der Waals surface area contributed by atoms with Gasteiger partial charge in [0.25, 0.3) is 0 Å². The zero-order valence-corrected chi connectivity index (χ0v) is 10.6. The summed E-state index contributed by atoms with van der Waals surface area (Å²) < 4.78 is 11.3. The maximum atomic E-state index is 6.23. The molecular formula is C13H16ClNO2. The van der Waals surface area contributed by atoms with Gasteiger partial charge in [-0.15, -0.1) is 0 Å². The molecule has 17 heavy (non-hydrogen) atoms. The van der Waals surface area contributed by atoms with E-state index >= 15 is 0 Å². The highest BCUT2D eigenvalue weighted by atomic mass is 35.5. The first-order chi connectivity index (χ1) is 8.24. The van der Waals surface area contributed by atoms with Crippen LogP contribution in [-0.4, -0.2) is 19.8 Å². The minimum Gasteiger partial charge on any atom is -0.489 e. The van der Waals surface area contributed by atoms with Crippen LogP contribution >= 0.6 is 11.6 Å². The topological polar surface area (TPSA) is 44.5 Å². The second kappa shape index (κ2) is 5.43. The first kappa shape index (κ1) is 12.3. The van der Waals surface area contributed by atoms with Gasteiger partial charge in [0.05, 0.1) is 18.2 Å². The van der Waals surface area contributed by atoms with E-state index in [1.807, 2.05) is 25.1 Å². The van der Waals surface area contributed by atoms with Gasteiger partial charge in [-0.25, -0.2) is 0 Å². The Kier molecular flexibility index (Phi) is 3.92. The summed E-state index contributed by atoms with van der Waals surface area (Å²) in [5.74, 6) is 1.53. The highest BCUT2D eigenvalue weighted by molar-refractivity contribution is 6.32. The highest BCUT2D eigenvalue weighted by Gasteiger charge is 2.17. The third-order valence-electron chi connectivity index (χ3n) is 2.70. The van der Waals surface area contributed by atoms with Gasteiger partial charge in [0.1, 0.15) is 0 Å². The van der Waals surface area contributed by atoms with Crippen LogP contribution < -0.4 is 15.2 Å². The second-order valence-corrected chi connectivity index (χ2v) is 4.32. The summed E-state index contributed by atoms with van der Waals surface area (Å²) in [6.45, 7) is 3.82. The van der Waals surface area contributed by atoms with E-state index in [2.05, 4.69) is 0 Å². The Balaban J connectivity index is 2.48. The summed E-state index contributed by atoms with van der Waals surface area (Å²) in [6, 6.07) is 1.81. The van der Waals surface area contributed by atoms with Gasteiger partial charge in [-0.3, -0.25) is 0 Å². The monoisotopic (exact) mass is 253 g/mol. The normalized spacial score (nSPS) is 15.0. The predicted octanol–water partition coefficient (Wildman–Crippen LogP) is 2.78. The first-order valence-electron chi connectivity index (χ1n) is 5.69. The standard InChI is InChI=1S/C13H16ClNO2/c1-9-10(4-2-5-15)11(14)8-12-13(9)17-7-3-6-16-12/h2,4,8H,3,5-7,15H2,1H3/b4-2+. The molecule has 1 aromatic rings. The van der Waals surface area contributed by atoms with Crippen molar-refractivity contribution in [3.8, 4) is 11.5 Å². The molecule has 4 heteroatoms. The van der Waals surface area contributed by atoms with E-state index in [-0.39, 0.29) is 0 Å². The third kappa shape index (κ3) is 2.56. The van der Waals surface area contributed by atoms with E-state index < -0.39 is 0 Å². The van der Waals surface area contributed by atoms with Crippen LogP contribution in [0.1, 0.15) is 17.5 Å². The van der Waals surface area contributed by atoms with Crippen molar-refractivity contribution in [3.63, 3.8) is 0 Å². The largest absolute Gasteiger partial charge is 0.489 e. The number of hydrogen-bond donors (Lipinski definition) is 1. The number of fused-ring (bicyclic) bond motifs is 1. The lowest BCUT2D eigenvalue weighted by Gasteiger charge is -2.14. The Hall–Kier alpha value is -1.19. The van der Waals surface area contributed by atoms with Crippen LogP contribution in [0.3, 0.4) is 0 Å². The number of rotatable bonds is 2. The van der Waals surface area contributed by atoms with Crippen molar-refractivity contribution in [2.45, 2.75) is 13.3 Å². The van der Waals surface area contributed by atoms with Crippen LogP contribution in [0.2, 0.25) is 5.02 Å². The molecule has 1 aliphatic heterocycles. The average molecular weight is 254 g/mol. The molecule has 2 N–H and O–H groups in total. The number of hydrogen-bond acceptors (Lipinski definition) is 3. The molecule has 0 bridgehead atoms. The van der Waals surface area contributed by atoms with Gasteiger partial charge in [0, 0.05) is 24.6 Å². The molecule has 0 saturated heterocycles. The SMILES string of the molecule is Cc1c(/C=C/CN)c(Cl)cc2c1OCCCO2. The fraction of sp³-hybridized carbons (Fsp3) is 0.385. The molecule has 0 spiro atoms. The molecule has 2 rings (SSSR count). The van der Waals surface area contributed by atoms with Crippen LogP contribution in [0.15, 0.2) is 12.1 Å². The van der Waals surface area contributed by atoms with Crippen molar-refractivity contribution in [2.24, 2.45) is 5.73 Å². The molecular weight excluding hydrogens is 238 g/mol. The van der Waals surface area contributed by atoms with Crippen LogP contribution in [0.25, 0.3) is 6.08 Å². The fourth-order valence-corrected chi connectivity index (χ4v) is 2.14. The van der Waals surface area contributed by atoms with Crippen LogP contribution in [-0.2, 0) is 0 Å². The van der Waals surface area contributed by atoms with Crippen molar-refractivity contribution in [3.05, 3.63) is 28.3 Å². The van der Waals surface area contributed by atoms with Crippen molar-refractivity contribution in [1.82, 2.24) is 0 Å². The van der Waals surface area contributed by atoms with Crippen LogP contribution in [0.5, 0.6) is 11.5 Å². The van der Waals surface area contributed by atoms with Crippen molar-refractivity contribution >= 4 is 17.7 Å². The lowest BCUT2D eigenvalue weighted by molar-refractivity contribution is 0.296. The zero-order chi connectivity index (χ0) is 12.3. The highest BCUT2D eigenvalue weighted by Crippen LogP contribution is 2.39. The number of ether oxygens (including phenoxy) is 2. The molecule has 92 valence electrons. The quantitative estimate of drug-likeness (QED) is 0.882. The minimum atomic E-state index is 0.490. The molecule has 0 aliphatic carbocycles. The Morgan fingerprint density at radius 2 is 2.18 bits per heavy atom. The Morgan fingerprint density at radius 1 is 1.41 bits per heavy atom. The molecule has 0 unspecified atom stereocenters. The smallest absolute Gasteiger partial charge is 0.164 e. The van der Waals surface area contributed by atoms with Crippen LogP contribution in [0, 0.1) is 6.92 Å². The first-order valence-corrected chi connectivity index (χ1v) is 6.07. The summed E-state index contributed by atoms with van der Waals surface area (Å²) in [7, 11) is 0. The predicted molar refractivity (Wildman–Crippen MR) is 69.9 cm³/mol. The van der Waals surface area contributed by atoms with Gasteiger partial charge in [-0.1, -0.05) is 23.8 Å². The maximum Gasteiger partial charge on any atom is 0.164 e. The zero-order valence-electron chi connectivity index (χ0n) is 9.83. The van der Waals surface area contributed by atoms with Gasteiger partial charge in [0.2, 0.25) is 0 Å². The van der Waals surface area contributed by atoms with E-state index in [0.717, 1.165) is 29.0 Å². The summed E-state index contributed by atoms with van der Waals surface area (Å²) in [5.41, 5.74) is 7.40.